The predicted octanol–water partition coefficient (Wildman–Crippen LogP) is 2.76. The van der Waals surface area contributed by atoms with Crippen LogP contribution in [0.4, 0.5) is 0 Å². The molecule has 16 heavy (non-hydrogen) atoms. The summed E-state index contributed by atoms with van der Waals surface area (Å²) in [5.41, 5.74) is 2.78. The van der Waals surface area contributed by atoms with Gasteiger partial charge in [-0.25, -0.2) is 0 Å². The first kappa shape index (κ1) is 11.5. The van der Waals surface area contributed by atoms with Gasteiger partial charge in [-0.3, -0.25) is 0 Å². The summed E-state index contributed by atoms with van der Waals surface area (Å²) in [6.45, 7) is 5.54. The van der Waals surface area contributed by atoms with E-state index in [1.807, 2.05) is 0 Å². The van der Waals surface area contributed by atoms with Gasteiger partial charge in [-0.2, -0.15) is 0 Å². The summed E-state index contributed by atoms with van der Waals surface area (Å²) >= 11 is 0. The molecule has 0 fully saturated rings. The highest BCUT2D eigenvalue weighted by Gasteiger charge is 2.22. The molecule has 2 rings (SSSR count). The molecule has 0 saturated carbocycles. The first-order valence-corrected chi connectivity index (χ1v) is 6.14. The summed E-state index contributed by atoms with van der Waals surface area (Å²) in [5, 5.41) is 3.63. The van der Waals surface area contributed by atoms with Gasteiger partial charge in [0.25, 0.3) is 0 Å². The Morgan fingerprint density at radius 2 is 2.25 bits per heavy atom. The van der Waals surface area contributed by atoms with Gasteiger partial charge in [0.1, 0.15) is 5.75 Å². The van der Waals surface area contributed by atoms with Crippen molar-refractivity contribution in [1.29, 1.82) is 0 Å². The Balaban J connectivity index is 2.33. The minimum absolute atomic E-state index is 0.622. The van der Waals surface area contributed by atoms with E-state index in [4.69, 9.17) is 4.74 Å². The first-order valence-electron chi connectivity index (χ1n) is 6.14. The second kappa shape index (κ2) is 4.88. The molecule has 2 unspecified atom stereocenters. The molecular weight excluding hydrogens is 198 g/mol. The van der Waals surface area contributed by atoms with E-state index < -0.39 is 0 Å². The van der Waals surface area contributed by atoms with Crippen LogP contribution in [0, 0.1) is 5.92 Å². The van der Waals surface area contributed by atoms with E-state index in [9.17, 15) is 0 Å². The highest BCUT2D eigenvalue weighted by atomic mass is 16.5. The van der Waals surface area contributed by atoms with Gasteiger partial charge >= 0.3 is 0 Å². The molecule has 1 aliphatic rings. The van der Waals surface area contributed by atoms with Gasteiger partial charge < -0.3 is 10.1 Å². The molecule has 0 aliphatic carbocycles. The zero-order chi connectivity index (χ0) is 11.5. The molecule has 0 amide bonds. The van der Waals surface area contributed by atoms with Crippen molar-refractivity contribution in [3.63, 3.8) is 0 Å². The SMILES string of the molecule is CCC1NCc2cccc(OC)c2CC1C. The molecule has 88 valence electrons. The number of methoxy groups -OCH3 is 1. The van der Waals surface area contributed by atoms with Crippen molar-refractivity contribution in [2.45, 2.75) is 39.3 Å². The van der Waals surface area contributed by atoms with E-state index in [1.165, 1.54) is 17.5 Å². The fraction of sp³-hybridized carbons (Fsp3) is 0.571. The predicted molar refractivity (Wildman–Crippen MR) is 66.8 cm³/mol. The zero-order valence-electron chi connectivity index (χ0n) is 10.4. The second-order valence-electron chi connectivity index (χ2n) is 4.68. The van der Waals surface area contributed by atoms with Gasteiger partial charge in [-0.15, -0.1) is 0 Å². The third kappa shape index (κ3) is 2.07. The molecular formula is C14H21NO. The molecule has 0 aromatic heterocycles. The third-order valence-corrected chi connectivity index (χ3v) is 3.66. The van der Waals surface area contributed by atoms with Crippen molar-refractivity contribution in [2.24, 2.45) is 5.92 Å². The summed E-state index contributed by atoms with van der Waals surface area (Å²) in [5.74, 6) is 1.71. The van der Waals surface area contributed by atoms with E-state index in [0.29, 0.717) is 12.0 Å². The minimum atomic E-state index is 0.622. The Morgan fingerprint density at radius 1 is 1.44 bits per heavy atom. The van der Waals surface area contributed by atoms with Crippen LogP contribution in [0.1, 0.15) is 31.4 Å². The highest BCUT2D eigenvalue weighted by molar-refractivity contribution is 5.41. The Labute approximate surface area is 98.0 Å². The Hall–Kier alpha value is -1.02. The first-order chi connectivity index (χ1) is 7.76. The average molecular weight is 219 g/mol. The summed E-state index contributed by atoms with van der Waals surface area (Å²) in [6, 6.07) is 6.97. The van der Waals surface area contributed by atoms with Crippen LogP contribution in [-0.4, -0.2) is 13.2 Å². The lowest BCUT2D eigenvalue weighted by Crippen LogP contribution is -2.32. The van der Waals surface area contributed by atoms with Gasteiger partial charge in [-0.05, 0) is 36.0 Å². The van der Waals surface area contributed by atoms with Gasteiger partial charge in [0.2, 0.25) is 0 Å². The topological polar surface area (TPSA) is 21.3 Å². The van der Waals surface area contributed by atoms with E-state index in [1.54, 1.807) is 7.11 Å². The van der Waals surface area contributed by atoms with Crippen LogP contribution in [0.3, 0.4) is 0 Å². The Bertz CT molecular complexity index is 362. The number of hydrogen-bond donors (Lipinski definition) is 1. The molecule has 1 aliphatic heterocycles. The number of hydrogen-bond acceptors (Lipinski definition) is 2. The number of benzene rings is 1. The van der Waals surface area contributed by atoms with E-state index >= 15 is 0 Å². The van der Waals surface area contributed by atoms with Crippen LogP contribution in [0.5, 0.6) is 5.75 Å². The van der Waals surface area contributed by atoms with E-state index in [0.717, 1.165) is 18.7 Å². The maximum absolute atomic E-state index is 5.46. The van der Waals surface area contributed by atoms with Crippen molar-refractivity contribution < 1.29 is 4.74 Å². The molecule has 2 heteroatoms. The molecule has 1 heterocycles. The number of fused-ring (bicyclic) bond motifs is 1. The molecule has 0 bridgehead atoms. The van der Waals surface area contributed by atoms with Crippen LogP contribution in [0.15, 0.2) is 18.2 Å². The van der Waals surface area contributed by atoms with Crippen LogP contribution < -0.4 is 10.1 Å². The van der Waals surface area contributed by atoms with Crippen LogP contribution in [-0.2, 0) is 13.0 Å². The summed E-state index contributed by atoms with van der Waals surface area (Å²) in [7, 11) is 1.76. The van der Waals surface area contributed by atoms with Gasteiger partial charge in [0.15, 0.2) is 0 Å². The molecule has 0 saturated heterocycles. The van der Waals surface area contributed by atoms with Crippen molar-refractivity contribution in [1.82, 2.24) is 5.32 Å². The number of ether oxygens (including phenoxy) is 1. The summed E-state index contributed by atoms with van der Waals surface area (Å²) in [4.78, 5) is 0. The normalized spacial score (nSPS) is 24.7. The van der Waals surface area contributed by atoms with Gasteiger partial charge in [0.05, 0.1) is 7.11 Å². The molecule has 0 spiro atoms. The van der Waals surface area contributed by atoms with Crippen LogP contribution >= 0.6 is 0 Å². The quantitative estimate of drug-likeness (QED) is 0.826. The minimum Gasteiger partial charge on any atom is -0.496 e. The molecule has 2 atom stereocenters. The van der Waals surface area contributed by atoms with E-state index in [-0.39, 0.29) is 0 Å². The standard InChI is InChI=1S/C14H21NO/c1-4-13-10(2)8-12-11(9-15-13)6-5-7-14(12)16-3/h5-7,10,13,15H,4,8-9H2,1-3H3. The number of rotatable bonds is 2. The van der Waals surface area contributed by atoms with Gasteiger partial charge in [0, 0.05) is 12.6 Å². The maximum Gasteiger partial charge on any atom is 0.122 e. The van der Waals surface area contributed by atoms with Gasteiger partial charge in [-0.1, -0.05) is 26.0 Å². The smallest absolute Gasteiger partial charge is 0.122 e. The largest absolute Gasteiger partial charge is 0.496 e. The van der Waals surface area contributed by atoms with E-state index in [2.05, 4.69) is 37.4 Å². The highest BCUT2D eigenvalue weighted by Crippen LogP contribution is 2.29. The fourth-order valence-corrected chi connectivity index (χ4v) is 2.65. The van der Waals surface area contributed by atoms with Crippen LogP contribution in [0.25, 0.3) is 0 Å². The zero-order valence-corrected chi connectivity index (χ0v) is 10.4. The Kier molecular flexibility index (Phi) is 3.49. The average Bonchev–Trinajstić information content (AvgIpc) is 2.46. The monoisotopic (exact) mass is 219 g/mol. The molecule has 0 radical (unpaired) electrons. The van der Waals surface area contributed by atoms with Crippen molar-refractivity contribution >= 4 is 0 Å². The molecule has 1 aromatic rings. The lowest BCUT2D eigenvalue weighted by Gasteiger charge is -2.20. The molecule has 1 N–H and O–H groups in total. The summed E-state index contributed by atoms with van der Waals surface area (Å²) in [6.07, 6.45) is 2.31. The molecule has 1 aromatic carbocycles. The number of nitrogens with one attached hydrogen (secondary N) is 1. The lowest BCUT2D eigenvalue weighted by atomic mass is 9.92. The third-order valence-electron chi connectivity index (χ3n) is 3.66. The van der Waals surface area contributed by atoms with Crippen LogP contribution in [0.2, 0.25) is 0 Å². The molecule has 2 nitrogen and oxygen atoms in total. The Morgan fingerprint density at radius 3 is 2.94 bits per heavy atom. The van der Waals surface area contributed by atoms with Crippen molar-refractivity contribution in [2.75, 3.05) is 7.11 Å². The fourth-order valence-electron chi connectivity index (χ4n) is 2.65. The maximum atomic E-state index is 5.46. The van der Waals surface area contributed by atoms with Crippen molar-refractivity contribution in [3.8, 4) is 5.75 Å². The lowest BCUT2D eigenvalue weighted by molar-refractivity contribution is 0.369. The summed E-state index contributed by atoms with van der Waals surface area (Å²) < 4.78 is 5.46. The van der Waals surface area contributed by atoms with Crippen molar-refractivity contribution in [3.05, 3.63) is 29.3 Å². The second-order valence-corrected chi connectivity index (χ2v) is 4.68.